The third-order valence-electron chi connectivity index (χ3n) is 3.46. The summed E-state index contributed by atoms with van der Waals surface area (Å²) in [5.74, 6) is -1.17. The smallest absolute Gasteiger partial charge is 0.335 e. The van der Waals surface area contributed by atoms with Crippen LogP contribution in [0.1, 0.15) is 41.6 Å². The standard InChI is InChI=1S/C15H17NO4/c17-13-3-1-2-4-14(18)16(13)10-9-11-5-7-12(8-6-11)15(19)20/h5-8H,1-4,9-10H2,(H,19,20). The summed E-state index contributed by atoms with van der Waals surface area (Å²) in [4.78, 5) is 35.7. The van der Waals surface area contributed by atoms with Gasteiger partial charge in [0.2, 0.25) is 11.8 Å². The lowest BCUT2D eigenvalue weighted by Gasteiger charge is -2.18. The monoisotopic (exact) mass is 275 g/mol. The number of carboxylic acids is 1. The van der Waals surface area contributed by atoms with E-state index in [1.807, 2.05) is 0 Å². The largest absolute Gasteiger partial charge is 0.478 e. The van der Waals surface area contributed by atoms with E-state index in [2.05, 4.69) is 0 Å². The summed E-state index contributed by atoms with van der Waals surface area (Å²) in [7, 11) is 0. The van der Waals surface area contributed by atoms with Gasteiger partial charge in [0.25, 0.3) is 0 Å². The number of carboxylic acid groups (broad SMARTS) is 1. The van der Waals surface area contributed by atoms with Gasteiger partial charge in [-0.25, -0.2) is 4.79 Å². The summed E-state index contributed by atoms with van der Waals surface area (Å²) in [6.07, 6.45) is 2.97. The minimum Gasteiger partial charge on any atom is -0.478 e. The Morgan fingerprint density at radius 3 is 2.10 bits per heavy atom. The molecule has 1 aliphatic heterocycles. The van der Waals surface area contributed by atoms with Gasteiger partial charge in [0.15, 0.2) is 0 Å². The van der Waals surface area contributed by atoms with E-state index >= 15 is 0 Å². The van der Waals surface area contributed by atoms with Gasteiger partial charge in [-0.15, -0.1) is 0 Å². The maximum atomic E-state index is 11.8. The van der Waals surface area contributed by atoms with Gasteiger partial charge in [-0.05, 0) is 37.0 Å². The van der Waals surface area contributed by atoms with Crippen LogP contribution < -0.4 is 0 Å². The summed E-state index contributed by atoms with van der Waals surface area (Å²) < 4.78 is 0. The molecule has 1 aliphatic rings. The van der Waals surface area contributed by atoms with Gasteiger partial charge in [-0.2, -0.15) is 0 Å². The Morgan fingerprint density at radius 2 is 1.60 bits per heavy atom. The number of benzene rings is 1. The second-order valence-corrected chi connectivity index (χ2v) is 4.90. The van der Waals surface area contributed by atoms with Crippen molar-refractivity contribution in [3.63, 3.8) is 0 Å². The van der Waals surface area contributed by atoms with Crippen LogP contribution in [-0.4, -0.2) is 34.3 Å². The molecule has 0 atom stereocenters. The summed E-state index contributed by atoms with van der Waals surface area (Å²) in [6, 6.07) is 6.50. The molecule has 5 heteroatoms. The number of imide groups is 1. The lowest BCUT2D eigenvalue weighted by molar-refractivity contribution is -0.143. The van der Waals surface area contributed by atoms with E-state index in [-0.39, 0.29) is 17.4 Å². The van der Waals surface area contributed by atoms with Crippen molar-refractivity contribution in [3.05, 3.63) is 35.4 Å². The highest BCUT2D eigenvalue weighted by atomic mass is 16.4. The molecular weight excluding hydrogens is 258 g/mol. The molecule has 0 aromatic heterocycles. The number of likely N-dealkylation sites (tertiary alicyclic amines) is 1. The van der Waals surface area contributed by atoms with Crippen LogP contribution in [0.2, 0.25) is 0 Å². The maximum Gasteiger partial charge on any atom is 0.335 e. The van der Waals surface area contributed by atoms with E-state index in [1.165, 1.54) is 17.0 Å². The van der Waals surface area contributed by atoms with Crippen LogP contribution in [0, 0.1) is 0 Å². The molecule has 5 nitrogen and oxygen atoms in total. The van der Waals surface area contributed by atoms with Gasteiger partial charge in [-0.3, -0.25) is 14.5 Å². The highest BCUT2D eigenvalue weighted by molar-refractivity contribution is 5.96. The zero-order valence-corrected chi connectivity index (χ0v) is 11.2. The van der Waals surface area contributed by atoms with E-state index in [0.717, 1.165) is 18.4 Å². The van der Waals surface area contributed by atoms with Crippen LogP contribution in [0.15, 0.2) is 24.3 Å². The molecule has 1 aromatic carbocycles. The summed E-state index contributed by atoms with van der Waals surface area (Å²) >= 11 is 0. The maximum absolute atomic E-state index is 11.8. The van der Waals surface area contributed by atoms with Gasteiger partial charge in [0, 0.05) is 19.4 Å². The van der Waals surface area contributed by atoms with Crippen molar-refractivity contribution in [3.8, 4) is 0 Å². The highest BCUT2D eigenvalue weighted by Crippen LogP contribution is 2.14. The predicted octanol–water partition coefficient (Wildman–Crippen LogP) is 1.86. The highest BCUT2D eigenvalue weighted by Gasteiger charge is 2.23. The second-order valence-electron chi connectivity index (χ2n) is 4.90. The summed E-state index contributed by atoms with van der Waals surface area (Å²) in [6.45, 7) is 0.365. The predicted molar refractivity (Wildman–Crippen MR) is 72.3 cm³/mol. The Morgan fingerprint density at radius 1 is 1.05 bits per heavy atom. The number of hydrogen-bond acceptors (Lipinski definition) is 3. The normalized spacial score (nSPS) is 16.1. The van der Waals surface area contributed by atoms with Crippen molar-refractivity contribution in [1.29, 1.82) is 0 Å². The van der Waals surface area contributed by atoms with Crippen LogP contribution in [0.25, 0.3) is 0 Å². The molecule has 0 spiro atoms. The lowest BCUT2D eigenvalue weighted by atomic mass is 10.1. The molecule has 0 bridgehead atoms. The van der Waals surface area contributed by atoms with E-state index in [4.69, 9.17) is 5.11 Å². The Kier molecular flexibility index (Phi) is 4.50. The molecule has 1 fully saturated rings. The van der Waals surface area contributed by atoms with Crippen LogP contribution >= 0.6 is 0 Å². The van der Waals surface area contributed by atoms with E-state index < -0.39 is 5.97 Å². The molecule has 0 saturated carbocycles. The van der Waals surface area contributed by atoms with Crippen LogP contribution in [-0.2, 0) is 16.0 Å². The first kappa shape index (κ1) is 14.2. The fourth-order valence-electron chi connectivity index (χ4n) is 2.27. The average Bonchev–Trinajstić information content (AvgIpc) is 2.59. The minimum absolute atomic E-state index is 0.102. The number of amides is 2. The van der Waals surface area contributed by atoms with Crippen molar-refractivity contribution in [2.75, 3.05) is 6.54 Å². The van der Waals surface area contributed by atoms with E-state index in [9.17, 15) is 14.4 Å². The topological polar surface area (TPSA) is 74.7 Å². The first-order chi connectivity index (χ1) is 9.58. The fraction of sp³-hybridized carbons (Fsp3) is 0.400. The Bertz CT molecular complexity index is 503. The number of rotatable bonds is 4. The molecule has 0 unspecified atom stereocenters. The van der Waals surface area contributed by atoms with Crippen molar-refractivity contribution in [1.82, 2.24) is 4.90 Å². The Balaban J connectivity index is 1.98. The van der Waals surface area contributed by atoms with Crippen LogP contribution in [0.3, 0.4) is 0 Å². The number of nitrogens with zero attached hydrogens (tertiary/aromatic N) is 1. The Labute approximate surface area is 117 Å². The SMILES string of the molecule is O=C(O)c1ccc(CCN2C(=O)CCCCC2=O)cc1. The number of carbonyl (C=O) groups is 3. The third kappa shape index (κ3) is 3.44. The molecular formula is C15H17NO4. The zero-order valence-electron chi connectivity index (χ0n) is 11.2. The third-order valence-corrected chi connectivity index (χ3v) is 3.46. The van der Waals surface area contributed by atoms with Gasteiger partial charge in [0.05, 0.1) is 5.56 Å². The fourth-order valence-corrected chi connectivity index (χ4v) is 2.27. The molecule has 1 aromatic rings. The summed E-state index contributed by atoms with van der Waals surface area (Å²) in [5.41, 5.74) is 1.15. The number of hydrogen-bond donors (Lipinski definition) is 1. The molecule has 2 rings (SSSR count). The first-order valence-corrected chi connectivity index (χ1v) is 6.73. The van der Waals surface area contributed by atoms with Crippen molar-refractivity contribution in [2.24, 2.45) is 0 Å². The van der Waals surface area contributed by atoms with Gasteiger partial charge in [0.1, 0.15) is 0 Å². The van der Waals surface area contributed by atoms with Gasteiger partial charge >= 0.3 is 5.97 Å². The van der Waals surface area contributed by atoms with Crippen molar-refractivity contribution >= 4 is 17.8 Å². The molecule has 0 aliphatic carbocycles. The second kappa shape index (κ2) is 6.32. The molecule has 20 heavy (non-hydrogen) atoms. The van der Waals surface area contributed by atoms with E-state index in [1.54, 1.807) is 12.1 Å². The molecule has 0 radical (unpaired) electrons. The zero-order chi connectivity index (χ0) is 14.5. The molecule has 1 saturated heterocycles. The molecule has 1 heterocycles. The van der Waals surface area contributed by atoms with Gasteiger partial charge < -0.3 is 5.11 Å². The first-order valence-electron chi connectivity index (χ1n) is 6.73. The average molecular weight is 275 g/mol. The van der Waals surface area contributed by atoms with Crippen LogP contribution in [0.4, 0.5) is 0 Å². The molecule has 2 amide bonds. The van der Waals surface area contributed by atoms with Gasteiger partial charge in [-0.1, -0.05) is 12.1 Å². The number of carbonyl (C=O) groups excluding carboxylic acids is 2. The molecule has 106 valence electrons. The summed E-state index contributed by atoms with van der Waals surface area (Å²) in [5, 5.41) is 8.81. The Hall–Kier alpha value is -2.17. The quantitative estimate of drug-likeness (QED) is 0.851. The molecule has 1 N–H and O–H groups in total. The lowest BCUT2D eigenvalue weighted by Crippen LogP contribution is -2.36. The number of aromatic carboxylic acids is 1. The van der Waals surface area contributed by atoms with E-state index in [0.29, 0.717) is 25.8 Å². The van der Waals surface area contributed by atoms with Crippen molar-refractivity contribution < 1.29 is 19.5 Å². The minimum atomic E-state index is -0.963. The van der Waals surface area contributed by atoms with Crippen molar-refractivity contribution in [2.45, 2.75) is 32.1 Å². The van der Waals surface area contributed by atoms with Crippen LogP contribution in [0.5, 0.6) is 0 Å².